The van der Waals surface area contributed by atoms with Crippen LogP contribution in [0.3, 0.4) is 0 Å². The zero-order chi connectivity index (χ0) is 20.2. The van der Waals surface area contributed by atoms with Crippen molar-refractivity contribution >= 4 is 39.3 Å². The molecule has 0 aliphatic carbocycles. The molecule has 4 N–H and O–H groups in total. The number of nitrogens with one attached hydrogen (secondary N) is 4. The number of carbonyl (C=O) groups is 2. The van der Waals surface area contributed by atoms with Crippen LogP contribution >= 0.6 is 11.3 Å². The molecule has 0 bridgehead atoms. The minimum Gasteiger partial charge on any atom is -0.349 e. The Morgan fingerprint density at radius 1 is 1.10 bits per heavy atom. The van der Waals surface area contributed by atoms with E-state index >= 15 is 0 Å². The second kappa shape index (κ2) is 8.07. The lowest BCUT2D eigenvalue weighted by Gasteiger charge is -2.02. The molecule has 3 aromatic heterocycles. The number of anilines is 1. The zero-order valence-corrected chi connectivity index (χ0v) is 15.9. The van der Waals surface area contributed by atoms with Crippen molar-refractivity contribution in [2.75, 3.05) is 5.32 Å². The van der Waals surface area contributed by atoms with Gasteiger partial charge < -0.3 is 15.3 Å². The van der Waals surface area contributed by atoms with E-state index in [4.69, 9.17) is 0 Å². The fourth-order valence-corrected chi connectivity index (χ4v) is 3.37. The van der Waals surface area contributed by atoms with E-state index in [1.54, 1.807) is 5.38 Å². The molecule has 4 rings (SSSR count). The van der Waals surface area contributed by atoms with Crippen LogP contribution in [0.15, 0.2) is 52.8 Å². The number of fused-ring (bicyclic) bond motifs is 1. The summed E-state index contributed by atoms with van der Waals surface area (Å²) in [5.74, 6) is 0.0810. The van der Waals surface area contributed by atoms with Crippen LogP contribution < -0.4 is 16.2 Å². The monoisotopic (exact) mass is 408 g/mol. The highest BCUT2D eigenvalue weighted by Gasteiger charge is 2.12. The van der Waals surface area contributed by atoms with Crippen molar-refractivity contribution in [3.8, 4) is 0 Å². The molecular formula is C19H16N6O3S. The van der Waals surface area contributed by atoms with Crippen molar-refractivity contribution in [1.29, 1.82) is 0 Å². The molecule has 2 amide bonds. The van der Waals surface area contributed by atoms with Gasteiger partial charge in [0, 0.05) is 17.6 Å². The van der Waals surface area contributed by atoms with E-state index < -0.39 is 5.91 Å². The Kier molecular flexibility index (Phi) is 5.16. The van der Waals surface area contributed by atoms with Crippen LogP contribution in [0.1, 0.15) is 21.9 Å². The smallest absolute Gasteiger partial charge is 0.258 e. The molecule has 29 heavy (non-hydrogen) atoms. The summed E-state index contributed by atoms with van der Waals surface area (Å²) in [5, 5.41) is 7.53. The minimum absolute atomic E-state index is 0.0885. The van der Waals surface area contributed by atoms with E-state index in [1.165, 1.54) is 29.7 Å². The van der Waals surface area contributed by atoms with Gasteiger partial charge >= 0.3 is 0 Å². The molecule has 0 fully saturated rings. The number of amides is 2. The Bertz CT molecular complexity index is 1190. The number of hydrogen-bond acceptors (Lipinski definition) is 6. The van der Waals surface area contributed by atoms with Crippen LogP contribution in [0.5, 0.6) is 0 Å². The summed E-state index contributed by atoms with van der Waals surface area (Å²) in [5.41, 5.74) is 2.34. The number of thiazole rings is 1. The Hall–Kier alpha value is -3.79. The van der Waals surface area contributed by atoms with Gasteiger partial charge in [-0.25, -0.2) is 9.97 Å². The predicted octanol–water partition coefficient (Wildman–Crippen LogP) is 1.82. The fourth-order valence-electron chi connectivity index (χ4n) is 2.67. The molecule has 10 heteroatoms. The number of carbonyl (C=O) groups excluding carboxylic acids is 2. The van der Waals surface area contributed by atoms with Crippen molar-refractivity contribution < 1.29 is 9.59 Å². The first-order valence-electron chi connectivity index (χ1n) is 8.71. The Morgan fingerprint density at radius 2 is 1.97 bits per heavy atom. The van der Waals surface area contributed by atoms with Crippen molar-refractivity contribution in [3.63, 3.8) is 0 Å². The van der Waals surface area contributed by atoms with Gasteiger partial charge in [0.15, 0.2) is 5.13 Å². The summed E-state index contributed by atoms with van der Waals surface area (Å²) < 4.78 is 0. The van der Waals surface area contributed by atoms with Crippen LogP contribution in [0, 0.1) is 0 Å². The lowest BCUT2D eigenvalue weighted by atomic mass is 10.3. The molecule has 0 radical (unpaired) electrons. The van der Waals surface area contributed by atoms with Gasteiger partial charge in [0.05, 0.1) is 35.3 Å². The Morgan fingerprint density at radius 3 is 2.76 bits per heavy atom. The number of benzene rings is 1. The third kappa shape index (κ3) is 4.55. The average Bonchev–Trinajstić information content (AvgIpc) is 3.33. The molecule has 0 saturated heterocycles. The van der Waals surface area contributed by atoms with Gasteiger partial charge in [-0.15, -0.1) is 11.3 Å². The molecule has 0 aliphatic heterocycles. The Balaban J connectivity index is 1.31. The normalized spacial score (nSPS) is 10.8. The molecule has 1 aromatic carbocycles. The molecule has 0 atom stereocenters. The first-order chi connectivity index (χ1) is 14.1. The summed E-state index contributed by atoms with van der Waals surface area (Å²) in [6, 6.07) is 10.3. The van der Waals surface area contributed by atoms with E-state index in [9.17, 15) is 14.4 Å². The third-order valence-electron chi connectivity index (χ3n) is 4.05. The first kappa shape index (κ1) is 18.6. The molecule has 0 spiro atoms. The quantitative estimate of drug-likeness (QED) is 0.386. The van der Waals surface area contributed by atoms with Crippen LogP contribution in [-0.4, -0.2) is 31.8 Å². The van der Waals surface area contributed by atoms with Crippen LogP contribution in [0.25, 0.3) is 11.0 Å². The van der Waals surface area contributed by atoms with Gasteiger partial charge in [-0.1, -0.05) is 12.1 Å². The van der Waals surface area contributed by atoms with E-state index in [-0.39, 0.29) is 24.4 Å². The lowest BCUT2D eigenvalue weighted by Crippen LogP contribution is -2.25. The summed E-state index contributed by atoms with van der Waals surface area (Å²) in [6.45, 7) is 0.285. The second-order valence-corrected chi connectivity index (χ2v) is 7.05. The number of hydrogen-bond donors (Lipinski definition) is 4. The number of rotatable bonds is 6. The van der Waals surface area contributed by atoms with Gasteiger partial charge in [-0.05, 0) is 18.2 Å². The number of para-hydroxylation sites is 2. The van der Waals surface area contributed by atoms with Gasteiger partial charge in [0.25, 0.3) is 5.91 Å². The highest BCUT2D eigenvalue weighted by molar-refractivity contribution is 7.14. The summed E-state index contributed by atoms with van der Waals surface area (Å²) in [7, 11) is 0. The molecule has 0 unspecified atom stereocenters. The number of imidazole rings is 1. The maximum Gasteiger partial charge on any atom is 0.258 e. The summed E-state index contributed by atoms with van der Waals surface area (Å²) in [6.07, 6.45) is 1.42. The maximum atomic E-state index is 12.2. The summed E-state index contributed by atoms with van der Waals surface area (Å²) >= 11 is 1.22. The number of nitrogens with zero attached hydrogens (tertiary/aromatic N) is 2. The molecular weight excluding hydrogens is 392 g/mol. The van der Waals surface area contributed by atoms with Gasteiger partial charge in [-0.2, -0.15) is 0 Å². The van der Waals surface area contributed by atoms with Crippen LogP contribution in [0.4, 0.5) is 5.13 Å². The average molecular weight is 408 g/mol. The van der Waals surface area contributed by atoms with E-state index in [0.717, 1.165) is 11.0 Å². The van der Waals surface area contributed by atoms with E-state index in [0.29, 0.717) is 22.2 Å². The molecule has 0 aliphatic rings. The van der Waals surface area contributed by atoms with E-state index in [2.05, 4.69) is 30.6 Å². The molecule has 9 nitrogen and oxygen atoms in total. The minimum atomic E-state index is -0.392. The SMILES string of the molecule is O=C(Cc1csc(NC(=O)c2ccc(=O)[nH]c2)n1)NCc1nc2ccccc2[nH]1. The van der Waals surface area contributed by atoms with Gasteiger partial charge in [0.2, 0.25) is 11.5 Å². The predicted molar refractivity (Wildman–Crippen MR) is 109 cm³/mol. The van der Waals surface area contributed by atoms with Crippen molar-refractivity contribution in [2.24, 2.45) is 0 Å². The van der Waals surface area contributed by atoms with E-state index in [1.807, 2.05) is 24.3 Å². The topological polar surface area (TPSA) is 133 Å². The second-order valence-electron chi connectivity index (χ2n) is 6.19. The fraction of sp³-hybridized carbons (Fsp3) is 0.105. The molecule has 4 aromatic rings. The number of pyridine rings is 1. The number of aromatic amines is 2. The number of H-pyrrole nitrogens is 2. The zero-order valence-electron chi connectivity index (χ0n) is 15.1. The molecule has 3 heterocycles. The summed E-state index contributed by atoms with van der Waals surface area (Å²) in [4.78, 5) is 49.6. The third-order valence-corrected chi connectivity index (χ3v) is 4.86. The van der Waals surface area contributed by atoms with Crippen molar-refractivity contribution in [2.45, 2.75) is 13.0 Å². The lowest BCUT2D eigenvalue weighted by molar-refractivity contribution is -0.120. The van der Waals surface area contributed by atoms with Gasteiger partial charge in [-0.3, -0.25) is 19.7 Å². The first-order valence-corrected chi connectivity index (χ1v) is 9.59. The highest BCUT2D eigenvalue weighted by atomic mass is 32.1. The molecule has 0 saturated carbocycles. The largest absolute Gasteiger partial charge is 0.349 e. The molecule has 146 valence electrons. The van der Waals surface area contributed by atoms with Crippen molar-refractivity contribution in [1.82, 2.24) is 25.3 Å². The highest BCUT2D eigenvalue weighted by Crippen LogP contribution is 2.17. The van der Waals surface area contributed by atoms with Crippen LogP contribution in [0.2, 0.25) is 0 Å². The van der Waals surface area contributed by atoms with Crippen molar-refractivity contribution in [3.05, 3.63) is 75.4 Å². The number of aromatic nitrogens is 4. The van der Waals surface area contributed by atoms with Gasteiger partial charge in [0.1, 0.15) is 5.82 Å². The Labute approximate surface area is 168 Å². The van der Waals surface area contributed by atoms with Crippen LogP contribution in [-0.2, 0) is 17.8 Å². The maximum absolute atomic E-state index is 12.2. The standard InChI is InChI=1S/C19H16N6O3S/c26-16-6-5-11(8-20-16)18(28)25-19-22-12(10-29-19)7-17(27)21-9-15-23-13-3-1-2-4-14(13)24-15/h1-6,8,10H,7,9H2,(H,20,26)(H,21,27)(H,23,24)(H,22,25,28).